The molecule has 0 bridgehead atoms. The molecule has 2 aliphatic rings. The number of thiophene rings is 1. The summed E-state index contributed by atoms with van der Waals surface area (Å²) in [6, 6.07) is 2.50. The summed E-state index contributed by atoms with van der Waals surface area (Å²) in [5, 5.41) is 7.15. The molecule has 0 amide bonds. The summed E-state index contributed by atoms with van der Waals surface area (Å²) in [4.78, 5) is 0. The van der Waals surface area contributed by atoms with Crippen LogP contribution in [0.4, 0.5) is 5.69 Å². The molecule has 2 heterocycles. The van der Waals surface area contributed by atoms with E-state index in [0.717, 1.165) is 25.8 Å². The van der Waals surface area contributed by atoms with Gasteiger partial charge in [-0.05, 0) is 37.1 Å². The Kier molecular flexibility index (Phi) is 4.30. The molecule has 1 aromatic rings. The molecule has 1 aliphatic heterocycles. The fourth-order valence-corrected chi connectivity index (χ4v) is 4.76. The van der Waals surface area contributed by atoms with E-state index in [1.807, 2.05) is 10.8 Å². The maximum atomic E-state index is 12.5. The maximum Gasteiger partial charge on any atom is 0.301 e. The fourth-order valence-electron chi connectivity index (χ4n) is 2.61. The van der Waals surface area contributed by atoms with Crippen molar-refractivity contribution >= 4 is 27.2 Å². The second-order valence-corrected chi connectivity index (χ2v) is 7.97. The molecular weight excluding hydrogens is 294 g/mol. The molecule has 7 heteroatoms. The zero-order valence-corrected chi connectivity index (χ0v) is 13.0. The molecule has 3 rings (SSSR count). The van der Waals surface area contributed by atoms with E-state index in [-0.39, 0.29) is 6.04 Å². The first kappa shape index (κ1) is 14.3. The molecule has 20 heavy (non-hydrogen) atoms. The lowest BCUT2D eigenvalue weighted by Crippen LogP contribution is -2.50. The Morgan fingerprint density at radius 3 is 2.85 bits per heavy atom. The van der Waals surface area contributed by atoms with Crippen molar-refractivity contribution in [3.63, 3.8) is 0 Å². The molecule has 5 nitrogen and oxygen atoms in total. The quantitative estimate of drug-likeness (QED) is 0.844. The van der Waals surface area contributed by atoms with E-state index < -0.39 is 10.2 Å². The average molecular weight is 315 g/mol. The normalized spacial score (nSPS) is 24.7. The Labute approximate surface area is 124 Å². The molecule has 1 unspecified atom stereocenters. The van der Waals surface area contributed by atoms with Crippen LogP contribution in [0.1, 0.15) is 32.1 Å². The summed E-state index contributed by atoms with van der Waals surface area (Å²) in [5.41, 5.74) is 0.662. The van der Waals surface area contributed by atoms with E-state index in [0.29, 0.717) is 18.3 Å². The van der Waals surface area contributed by atoms with E-state index in [2.05, 4.69) is 10.0 Å². The summed E-state index contributed by atoms with van der Waals surface area (Å²) in [5.74, 6) is 0. The van der Waals surface area contributed by atoms with E-state index >= 15 is 0 Å². The first-order valence-electron chi connectivity index (χ1n) is 7.20. The van der Waals surface area contributed by atoms with Gasteiger partial charge in [-0.2, -0.15) is 24.1 Å². The lowest BCUT2D eigenvalue weighted by Gasteiger charge is -2.34. The zero-order valence-electron chi connectivity index (χ0n) is 11.4. The minimum atomic E-state index is -3.43. The SMILES string of the molecule is O=S(=O)(Nc1ccsc1)N1CCCCC1CNC1CC1. The number of anilines is 1. The Morgan fingerprint density at radius 2 is 2.15 bits per heavy atom. The summed E-state index contributed by atoms with van der Waals surface area (Å²) in [6.45, 7) is 1.39. The van der Waals surface area contributed by atoms with Crippen molar-refractivity contribution in [1.82, 2.24) is 9.62 Å². The van der Waals surface area contributed by atoms with Crippen LogP contribution in [0.2, 0.25) is 0 Å². The minimum absolute atomic E-state index is 0.0838. The standard InChI is InChI=1S/C13H21N3O2S2/c17-20(18,15-12-6-8-19-10-12)16-7-2-1-3-13(16)9-14-11-4-5-11/h6,8,10-11,13-15H,1-5,7,9H2. The zero-order chi connectivity index (χ0) is 14.0. The van der Waals surface area contributed by atoms with Crippen molar-refractivity contribution < 1.29 is 8.42 Å². The first-order valence-corrected chi connectivity index (χ1v) is 9.58. The maximum absolute atomic E-state index is 12.5. The first-order chi connectivity index (χ1) is 9.65. The van der Waals surface area contributed by atoms with Crippen LogP contribution in [0, 0.1) is 0 Å². The molecule has 1 saturated carbocycles. The molecule has 0 spiro atoms. The van der Waals surface area contributed by atoms with Gasteiger partial charge in [0.05, 0.1) is 5.69 Å². The van der Waals surface area contributed by atoms with Gasteiger partial charge in [-0.25, -0.2) is 0 Å². The lowest BCUT2D eigenvalue weighted by atomic mass is 10.1. The third-order valence-electron chi connectivity index (χ3n) is 3.87. The van der Waals surface area contributed by atoms with Crippen molar-refractivity contribution in [2.45, 2.75) is 44.2 Å². The number of rotatable bonds is 6. The number of hydrogen-bond acceptors (Lipinski definition) is 4. The van der Waals surface area contributed by atoms with Crippen molar-refractivity contribution in [3.8, 4) is 0 Å². The molecule has 1 saturated heterocycles. The van der Waals surface area contributed by atoms with Crippen LogP contribution in [0.3, 0.4) is 0 Å². The van der Waals surface area contributed by atoms with Crippen LogP contribution in [-0.4, -0.2) is 37.9 Å². The van der Waals surface area contributed by atoms with Gasteiger partial charge >= 0.3 is 10.2 Å². The third-order valence-corrected chi connectivity index (χ3v) is 6.14. The van der Waals surface area contributed by atoms with Gasteiger partial charge in [-0.3, -0.25) is 4.72 Å². The van der Waals surface area contributed by atoms with E-state index in [9.17, 15) is 8.42 Å². The number of hydrogen-bond donors (Lipinski definition) is 2. The third kappa shape index (κ3) is 3.52. The molecule has 1 aromatic heterocycles. The summed E-state index contributed by atoms with van der Waals surface area (Å²) >= 11 is 1.49. The second kappa shape index (κ2) is 6.01. The smallest absolute Gasteiger partial charge is 0.301 e. The predicted octanol–water partition coefficient (Wildman–Crippen LogP) is 2.01. The predicted molar refractivity (Wildman–Crippen MR) is 82.2 cm³/mol. The van der Waals surface area contributed by atoms with Gasteiger partial charge in [0.25, 0.3) is 0 Å². The van der Waals surface area contributed by atoms with Gasteiger partial charge in [0.15, 0.2) is 0 Å². The van der Waals surface area contributed by atoms with Crippen LogP contribution in [0.25, 0.3) is 0 Å². The van der Waals surface area contributed by atoms with Gasteiger partial charge in [0.2, 0.25) is 0 Å². The largest absolute Gasteiger partial charge is 0.312 e. The van der Waals surface area contributed by atoms with Crippen LogP contribution >= 0.6 is 11.3 Å². The van der Waals surface area contributed by atoms with E-state index in [1.165, 1.54) is 24.2 Å². The molecule has 112 valence electrons. The van der Waals surface area contributed by atoms with E-state index in [1.54, 1.807) is 10.4 Å². The Hall–Kier alpha value is -0.630. The Morgan fingerprint density at radius 1 is 1.30 bits per heavy atom. The monoisotopic (exact) mass is 315 g/mol. The average Bonchev–Trinajstić information content (AvgIpc) is 3.13. The molecule has 2 fully saturated rings. The van der Waals surface area contributed by atoms with E-state index in [4.69, 9.17) is 0 Å². The minimum Gasteiger partial charge on any atom is -0.312 e. The van der Waals surface area contributed by atoms with Crippen LogP contribution in [-0.2, 0) is 10.2 Å². The molecule has 0 aromatic carbocycles. The Balaban J connectivity index is 1.67. The second-order valence-electron chi connectivity index (χ2n) is 5.56. The Bertz CT molecular complexity index is 526. The van der Waals surface area contributed by atoms with Gasteiger partial charge in [-0.1, -0.05) is 6.42 Å². The number of nitrogens with one attached hydrogen (secondary N) is 2. The van der Waals surface area contributed by atoms with Crippen LogP contribution in [0.5, 0.6) is 0 Å². The molecule has 0 radical (unpaired) electrons. The van der Waals surface area contributed by atoms with Crippen molar-refractivity contribution in [3.05, 3.63) is 16.8 Å². The lowest BCUT2D eigenvalue weighted by molar-refractivity contribution is 0.246. The van der Waals surface area contributed by atoms with Crippen molar-refractivity contribution in [2.75, 3.05) is 17.8 Å². The van der Waals surface area contributed by atoms with Crippen molar-refractivity contribution in [1.29, 1.82) is 0 Å². The van der Waals surface area contributed by atoms with Crippen molar-refractivity contribution in [2.24, 2.45) is 0 Å². The summed E-state index contributed by atoms with van der Waals surface area (Å²) < 4.78 is 29.4. The van der Waals surface area contributed by atoms with Crippen LogP contribution < -0.4 is 10.0 Å². The highest BCUT2D eigenvalue weighted by atomic mass is 32.2. The highest BCUT2D eigenvalue weighted by Gasteiger charge is 2.33. The molecule has 1 atom stereocenters. The highest BCUT2D eigenvalue weighted by molar-refractivity contribution is 7.90. The van der Waals surface area contributed by atoms with Gasteiger partial charge in [0, 0.05) is 30.6 Å². The van der Waals surface area contributed by atoms with Gasteiger partial charge < -0.3 is 5.32 Å². The molecule has 2 N–H and O–H groups in total. The highest BCUT2D eigenvalue weighted by Crippen LogP contribution is 2.24. The topological polar surface area (TPSA) is 61.4 Å². The number of nitrogens with zero attached hydrogens (tertiary/aromatic N) is 1. The fraction of sp³-hybridized carbons (Fsp3) is 0.692. The van der Waals surface area contributed by atoms with Crippen LogP contribution in [0.15, 0.2) is 16.8 Å². The van der Waals surface area contributed by atoms with Gasteiger partial charge in [-0.15, -0.1) is 0 Å². The van der Waals surface area contributed by atoms with Gasteiger partial charge in [0.1, 0.15) is 0 Å². The summed E-state index contributed by atoms with van der Waals surface area (Å²) in [7, 11) is -3.43. The molecular formula is C13H21N3O2S2. The number of piperidine rings is 1. The summed E-state index contributed by atoms with van der Waals surface area (Å²) in [6.07, 6.45) is 5.47. The molecule has 1 aliphatic carbocycles.